The van der Waals surface area contributed by atoms with Crippen molar-refractivity contribution in [1.29, 1.82) is 0 Å². The lowest BCUT2D eigenvalue weighted by Gasteiger charge is -2.25. The number of hydrogen-bond donors (Lipinski definition) is 2. The molecule has 1 atom stereocenters. The van der Waals surface area contributed by atoms with Gasteiger partial charge in [0.2, 0.25) is 5.91 Å². The summed E-state index contributed by atoms with van der Waals surface area (Å²) in [7, 11) is 0. The van der Waals surface area contributed by atoms with Crippen molar-refractivity contribution in [2.75, 3.05) is 0 Å². The van der Waals surface area contributed by atoms with Gasteiger partial charge in [-0.2, -0.15) is 0 Å². The fraction of sp³-hybridized carbons (Fsp3) is 0.429. The maximum absolute atomic E-state index is 13.4. The summed E-state index contributed by atoms with van der Waals surface area (Å²) in [6, 6.07) is 5.95. The molecule has 0 heterocycles. The molecule has 19 heavy (non-hydrogen) atoms. The number of hydrogen-bond acceptors (Lipinski definition) is 2. The number of carbonyl (C=O) groups is 2. The van der Waals surface area contributed by atoms with E-state index >= 15 is 0 Å². The highest BCUT2D eigenvalue weighted by molar-refractivity contribution is 5.87. The van der Waals surface area contributed by atoms with Crippen LogP contribution in [0.4, 0.5) is 4.39 Å². The second kappa shape index (κ2) is 6.31. The quantitative estimate of drug-likeness (QED) is 0.829. The molecule has 1 rings (SSSR count). The van der Waals surface area contributed by atoms with Crippen LogP contribution in [0.5, 0.6) is 0 Å². The maximum Gasteiger partial charge on any atom is 0.329 e. The third kappa shape index (κ3) is 4.05. The van der Waals surface area contributed by atoms with Crippen LogP contribution >= 0.6 is 0 Å². The predicted octanol–water partition coefficient (Wildman–Crippen LogP) is 2.13. The lowest BCUT2D eigenvalue weighted by molar-refractivity contribution is -0.147. The number of carboxylic acids is 1. The van der Waals surface area contributed by atoms with Crippen LogP contribution in [0.3, 0.4) is 0 Å². The average molecular weight is 267 g/mol. The molecule has 0 radical (unpaired) electrons. The molecule has 2 N–H and O–H groups in total. The lowest BCUT2D eigenvalue weighted by Crippen LogP contribution is -2.52. The second-order valence-electron chi connectivity index (χ2n) is 4.70. The summed E-state index contributed by atoms with van der Waals surface area (Å²) >= 11 is 0. The van der Waals surface area contributed by atoms with Gasteiger partial charge in [0.05, 0.1) is 6.42 Å². The molecule has 1 unspecified atom stereocenters. The summed E-state index contributed by atoms with van der Waals surface area (Å²) in [6.45, 7) is 3.29. The molecule has 0 spiro atoms. The van der Waals surface area contributed by atoms with Gasteiger partial charge in [-0.1, -0.05) is 31.5 Å². The van der Waals surface area contributed by atoms with Crippen LogP contribution in [0.25, 0.3) is 0 Å². The molecular formula is C14H18FNO3. The molecule has 0 fully saturated rings. The van der Waals surface area contributed by atoms with E-state index in [0.29, 0.717) is 12.8 Å². The summed E-state index contributed by atoms with van der Waals surface area (Å²) in [5.41, 5.74) is -1.05. The average Bonchev–Trinajstić information content (AvgIpc) is 2.32. The Bertz CT molecular complexity index is 476. The molecular weight excluding hydrogens is 249 g/mol. The van der Waals surface area contributed by atoms with E-state index < -0.39 is 23.2 Å². The fourth-order valence-corrected chi connectivity index (χ4v) is 1.89. The van der Waals surface area contributed by atoms with E-state index in [2.05, 4.69) is 5.32 Å². The van der Waals surface area contributed by atoms with Crippen LogP contribution in [0, 0.1) is 5.82 Å². The summed E-state index contributed by atoms with van der Waals surface area (Å²) in [5, 5.41) is 11.6. The predicted molar refractivity (Wildman–Crippen MR) is 69.2 cm³/mol. The first-order valence-electron chi connectivity index (χ1n) is 6.17. The SMILES string of the molecule is CCCC(C)(NC(=O)Cc1ccccc1F)C(=O)O. The summed E-state index contributed by atoms with van der Waals surface area (Å²) in [5.74, 6) is -2.05. The number of carboxylic acid groups (broad SMARTS) is 1. The van der Waals surface area contributed by atoms with Crippen molar-refractivity contribution in [3.05, 3.63) is 35.6 Å². The topological polar surface area (TPSA) is 66.4 Å². The van der Waals surface area contributed by atoms with E-state index in [1.807, 2.05) is 6.92 Å². The highest BCUT2D eigenvalue weighted by atomic mass is 19.1. The molecule has 0 saturated heterocycles. The van der Waals surface area contributed by atoms with Gasteiger partial charge >= 0.3 is 5.97 Å². The van der Waals surface area contributed by atoms with Crippen LogP contribution in [0.1, 0.15) is 32.3 Å². The molecule has 1 aromatic rings. The molecule has 0 saturated carbocycles. The van der Waals surface area contributed by atoms with Crippen LogP contribution in [0.15, 0.2) is 24.3 Å². The first-order valence-corrected chi connectivity index (χ1v) is 6.17. The van der Waals surface area contributed by atoms with Crippen molar-refractivity contribution in [3.8, 4) is 0 Å². The Balaban J connectivity index is 2.74. The van der Waals surface area contributed by atoms with Crippen molar-refractivity contribution in [3.63, 3.8) is 0 Å². The Morgan fingerprint density at radius 2 is 2.00 bits per heavy atom. The number of carbonyl (C=O) groups excluding carboxylic acids is 1. The molecule has 0 aliphatic heterocycles. The molecule has 1 aromatic carbocycles. The molecule has 4 nitrogen and oxygen atoms in total. The maximum atomic E-state index is 13.4. The number of halogens is 1. The standard InChI is InChI=1S/C14H18FNO3/c1-3-8-14(2,13(18)19)16-12(17)9-10-6-4-5-7-11(10)15/h4-7H,3,8-9H2,1-2H3,(H,16,17)(H,18,19). The molecule has 104 valence electrons. The van der Waals surface area contributed by atoms with E-state index in [1.165, 1.54) is 25.1 Å². The zero-order valence-electron chi connectivity index (χ0n) is 11.1. The van der Waals surface area contributed by atoms with Gasteiger partial charge in [-0.25, -0.2) is 9.18 Å². The molecule has 0 aromatic heterocycles. The van der Waals surface area contributed by atoms with Gasteiger partial charge in [-0.15, -0.1) is 0 Å². The van der Waals surface area contributed by atoms with Gasteiger partial charge in [-0.3, -0.25) is 4.79 Å². The second-order valence-corrected chi connectivity index (χ2v) is 4.70. The lowest BCUT2D eigenvalue weighted by atomic mass is 9.96. The third-order valence-electron chi connectivity index (χ3n) is 2.95. The first-order chi connectivity index (χ1) is 8.89. The van der Waals surface area contributed by atoms with Crippen molar-refractivity contribution in [2.24, 2.45) is 0 Å². The third-order valence-corrected chi connectivity index (χ3v) is 2.95. The van der Waals surface area contributed by atoms with Gasteiger partial charge < -0.3 is 10.4 Å². The fourth-order valence-electron chi connectivity index (χ4n) is 1.89. The van der Waals surface area contributed by atoms with Gasteiger partial charge in [0.25, 0.3) is 0 Å². The number of amides is 1. The Hall–Kier alpha value is -1.91. The van der Waals surface area contributed by atoms with Gasteiger partial charge in [0.15, 0.2) is 0 Å². The van der Waals surface area contributed by atoms with E-state index in [0.717, 1.165) is 0 Å². The number of rotatable bonds is 6. The van der Waals surface area contributed by atoms with Crippen LogP contribution in [0.2, 0.25) is 0 Å². The Kier molecular flexibility index (Phi) is 5.03. The number of benzene rings is 1. The monoisotopic (exact) mass is 267 g/mol. The van der Waals surface area contributed by atoms with Crippen molar-refractivity contribution in [2.45, 2.75) is 38.6 Å². The van der Waals surface area contributed by atoms with Crippen molar-refractivity contribution >= 4 is 11.9 Å². The zero-order chi connectivity index (χ0) is 14.5. The van der Waals surface area contributed by atoms with E-state index in [4.69, 9.17) is 5.11 Å². The van der Waals surface area contributed by atoms with Crippen LogP contribution in [-0.4, -0.2) is 22.5 Å². The van der Waals surface area contributed by atoms with Crippen LogP contribution < -0.4 is 5.32 Å². The van der Waals surface area contributed by atoms with E-state index in [1.54, 1.807) is 6.07 Å². The van der Waals surface area contributed by atoms with Gasteiger partial charge in [-0.05, 0) is 25.0 Å². The molecule has 0 bridgehead atoms. The minimum Gasteiger partial charge on any atom is -0.480 e. The highest BCUT2D eigenvalue weighted by Crippen LogP contribution is 2.14. The summed E-state index contributed by atoms with van der Waals surface area (Å²) in [6.07, 6.45) is 0.785. The largest absolute Gasteiger partial charge is 0.480 e. The minimum absolute atomic E-state index is 0.167. The van der Waals surface area contributed by atoms with Crippen molar-refractivity contribution < 1.29 is 19.1 Å². The number of aliphatic carboxylic acids is 1. The Morgan fingerprint density at radius 1 is 1.37 bits per heavy atom. The Morgan fingerprint density at radius 3 is 2.53 bits per heavy atom. The molecule has 5 heteroatoms. The van der Waals surface area contributed by atoms with Crippen molar-refractivity contribution in [1.82, 2.24) is 5.32 Å². The zero-order valence-corrected chi connectivity index (χ0v) is 11.1. The Labute approximate surface area is 111 Å². The normalized spacial score (nSPS) is 13.6. The molecule has 0 aliphatic carbocycles. The summed E-state index contributed by atoms with van der Waals surface area (Å²) in [4.78, 5) is 23.0. The molecule has 0 aliphatic rings. The van der Waals surface area contributed by atoms with E-state index in [-0.39, 0.29) is 12.0 Å². The van der Waals surface area contributed by atoms with E-state index in [9.17, 15) is 14.0 Å². The minimum atomic E-state index is -1.31. The highest BCUT2D eigenvalue weighted by Gasteiger charge is 2.33. The first kappa shape index (κ1) is 15.1. The number of nitrogens with one attached hydrogen (secondary N) is 1. The smallest absolute Gasteiger partial charge is 0.329 e. The van der Waals surface area contributed by atoms with Gasteiger partial charge in [0.1, 0.15) is 11.4 Å². The van der Waals surface area contributed by atoms with Crippen LogP contribution in [-0.2, 0) is 16.0 Å². The summed E-state index contributed by atoms with van der Waals surface area (Å²) < 4.78 is 13.4. The van der Waals surface area contributed by atoms with Gasteiger partial charge in [0, 0.05) is 0 Å². The molecule has 1 amide bonds.